The van der Waals surface area contributed by atoms with E-state index in [9.17, 15) is 0 Å². The second kappa shape index (κ2) is 4.73. The molecule has 5 rings (SSSR count). The average molecular weight is 263 g/mol. The first-order chi connectivity index (χ1) is 9.31. The summed E-state index contributed by atoms with van der Waals surface area (Å²) in [7, 11) is 0. The highest BCUT2D eigenvalue weighted by Crippen LogP contribution is 2.60. The number of ether oxygens (including phenoxy) is 1. The normalized spacial score (nSPS) is 47.5. The Hall–Kier alpha value is -0.0800. The number of hydrogen-bond donors (Lipinski definition) is 1. The first-order valence-electron chi connectivity index (χ1n) is 8.65. The molecule has 1 heterocycles. The third-order valence-corrected chi connectivity index (χ3v) is 6.72. The summed E-state index contributed by atoms with van der Waals surface area (Å²) >= 11 is 0. The van der Waals surface area contributed by atoms with E-state index in [2.05, 4.69) is 12.2 Å². The van der Waals surface area contributed by atoms with Crippen molar-refractivity contribution in [2.45, 2.75) is 57.5 Å². The summed E-state index contributed by atoms with van der Waals surface area (Å²) < 4.78 is 6.46. The minimum atomic E-state index is 0.239. The van der Waals surface area contributed by atoms with Crippen LogP contribution >= 0.6 is 0 Å². The predicted molar refractivity (Wildman–Crippen MR) is 77.0 cm³/mol. The molecule has 1 saturated heterocycles. The van der Waals surface area contributed by atoms with E-state index in [1.54, 1.807) is 6.42 Å². The maximum atomic E-state index is 6.46. The van der Waals surface area contributed by atoms with Crippen LogP contribution in [-0.2, 0) is 4.74 Å². The van der Waals surface area contributed by atoms with E-state index in [0.717, 1.165) is 36.2 Å². The lowest BCUT2D eigenvalue weighted by Gasteiger charge is -2.60. The van der Waals surface area contributed by atoms with Crippen molar-refractivity contribution in [3.63, 3.8) is 0 Å². The van der Waals surface area contributed by atoms with Crippen molar-refractivity contribution in [2.75, 3.05) is 19.7 Å². The molecule has 4 saturated carbocycles. The molecular weight excluding hydrogens is 234 g/mol. The lowest BCUT2D eigenvalue weighted by atomic mass is 9.48. The van der Waals surface area contributed by atoms with Crippen molar-refractivity contribution in [2.24, 2.45) is 29.6 Å². The molecule has 0 spiro atoms. The average Bonchev–Trinajstić information content (AvgIpc) is 2.38. The molecule has 2 nitrogen and oxygen atoms in total. The van der Waals surface area contributed by atoms with Crippen LogP contribution in [0.15, 0.2) is 0 Å². The summed E-state index contributed by atoms with van der Waals surface area (Å²) in [5.74, 6) is 5.06. The van der Waals surface area contributed by atoms with E-state index < -0.39 is 0 Å². The Kier molecular flexibility index (Phi) is 3.15. The minimum absolute atomic E-state index is 0.239. The van der Waals surface area contributed by atoms with Crippen LogP contribution in [-0.4, -0.2) is 25.3 Å². The Labute approximate surface area is 117 Å². The molecule has 2 heteroatoms. The number of rotatable bonds is 3. The zero-order valence-corrected chi connectivity index (χ0v) is 12.4. The van der Waals surface area contributed by atoms with Crippen LogP contribution < -0.4 is 5.32 Å². The molecule has 0 amide bonds. The summed E-state index contributed by atoms with van der Waals surface area (Å²) in [4.78, 5) is 0. The molecule has 0 atom stereocenters. The third kappa shape index (κ3) is 1.98. The quantitative estimate of drug-likeness (QED) is 0.844. The molecule has 0 radical (unpaired) electrons. The Morgan fingerprint density at radius 3 is 2.05 bits per heavy atom. The predicted octanol–water partition coefficient (Wildman–Crippen LogP) is 3.22. The maximum Gasteiger partial charge on any atom is 0.0739 e. The molecule has 0 aromatic rings. The standard InChI is InChI=1S/C17H29NO/c1-2-19-17(3-5-18-6-4-17)16-14-8-12-7-13(10-14)11-15(16)9-12/h12-16,18H,2-11H2,1H3. The molecule has 4 bridgehead atoms. The topological polar surface area (TPSA) is 21.3 Å². The van der Waals surface area contributed by atoms with Gasteiger partial charge < -0.3 is 10.1 Å². The molecule has 4 aliphatic carbocycles. The fourth-order valence-electron chi connectivity index (χ4n) is 6.50. The van der Waals surface area contributed by atoms with Gasteiger partial charge in [0.05, 0.1) is 5.60 Å². The van der Waals surface area contributed by atoms with Crippen LogP contribution in [0.3, 0.4) is 0 Å². The molecule has 1 aliphatic heterocycles. The lowest BCUT2D eigenvalue weighted by Crippen LogP contribution is -2.59. The number of nitrogens with one attached hydrogen (secondary N) is 1. The molecule has 0 unspecified atom stereocenters. The molecule has 0 aromatic heterocycles. The number of piperidine rings is 1. The van der Waals surface area contributed by atoms with Gasteiger partial charge in [-0.05, 0) is 94.5 Å². The van der Waals surface area contributed by atoms with Gasteiger partial charge in [0.1, 0.15) is 0 Å². The summed E-state index contributed by atoms with van der Waals surface area (Å²) in [6, 6.07) is 0. The monoisotopic (exact) mass is 263 g/mol. The van der Waals surface area contributed by atoms with E-state index >= 15 is 0 Å². The van der Waals surface area contributed by atoms with Crippen molar-refractivity contribution in [3.05, 3.63) is 0 Å². The fraction of sp³-hybridized carbons (Fsp3) is 1.00. The summed E-state index contributed by atoms with van der Waals surface area (Å²) in [6.45, 7) is 5.44. The first kappa shape index (κ1) is 12.6. The van der Waals surface area contributed by atoms with E-state index in [-0.39, 0.29) is 5.60 Å². The van der Waals surface area contributed by atoms with Gasteiger partial charge in [-0.2, -0.15) is 0 Å². The van der Waals surface area contributed by atoms with E-state index in [1.165, 1.54) is 51.6 Å². The van der Waals surface area contributed by atoms with E-state index in [0.29, 0.717) is 0 Å². The van der Waals surface area contributed by atoms with E-state index in [4.69, 9.17) is 4.74 Å². The second-order valence-corrected chi connectivity index (χ2v) is 7.70. The smallest absolute Gasteiger partial charge is 0.0739 e. The second-order valence-electron chi connectivity index (χ2n) is 7.70. The van der Waals surface area contributed by atoms with Crippen molar-refractivity contribution in [1.29, 1.82) is 0 Å². The Bertz CT molecular complexity index is 301. The largest absolute Gasteiger partial charge is 0.375 e. The van der Waals surface area contributed by atoms with Crippen molar-refractivity contribution in [1.82, 2.24) is 5.32 Å². The van der Waals surface area contributed by atoms with Gasteiger partial charge in [-0.3, -0.25) is 0 Å². The van der Waals surface area contributed by atoms with Gasteiger partial charge >= 0.3 is 0 Å². The third-order valence-electron chi connectivity index (χ3n) is 6.72. The SMILES string of the molecule is CCOC1(C2C3CC4CC(C3)CC2C4)CCNCC1. The van der Waals surface area contributed by atoms with Gasteiger partial charge in [0, 0.05) is 6.61 Å². The summed E-state index contributed by atoms with van der Waals surface area (Å²) in [5, 5.41) is 3.54. The van der Waals surface area contributed by atoms with Crippen molar-refractivity contribution in [3.8, 4) is 0 Å². The van der Waals surface area contributed by atoms with Gasteiger partial charge in [-0.15, -0.1) is 0 Å². The summed E-state index contributed by atoms with van der Waals surface area (Å²) in [5.41, 5.74) is 0.239. The molecule has 1 N–H and O–H groups in total. The fourth-order valence-corrected chi connectivity index (χ4v) is 6.50. The maximum absolute atomic E-state index is 6.46. The van der Waals surface area contributed by atoms with Crippen molar-refractivity contribution < 1.29 is 4.74 Å². The highest BCUT2D eigenvalue weighted by molar-refractivity contribution is 5.06. The molecule has 19 heavy (non-hydrogen) atoms. The Morgan fingerprint density at radius 2 is 1.53 bits per heavy atom. The first-order valence-corrected chi connectivity index (χ1v) is 8.65. The van der Waals surface area contributed by atoms with Crippen LogP contribution in [0.5, 0.6) is 0 Å². The zero-order chi connectivity index (χ0) is 12.9. The van der Waals surface area contributed by atoms with Crippen LogP contribution in [0.2, 0.25) is 0 Å². The van der Waals surface area contributed by atoms with Crippen LogP contribution in [0.4, 0.5) is 0 Å². The van der Waals surface area contributed by atoms with Gasteiger partial charge in [0.2, 0.25) is 0 Å². The molecular formula is C17H29NO. The molecule has 5 aliphatic rings. The van der Waals surface area contributed by atoms with Gasteiger partial charge in [0.15, 0.2) is 0 Å². The molecule has 0 aromatic carbocycles. The Morgan fingerprint density at radius 1 is 0.947 bits per heavy atom. The number of hydrogen-bond acceptors (Lipinski definition) is 2. The van der Waals surface area contributed by atoms with Gasteiger partial charge in [0.25, 0.3) is 0 Å². The Balaban J connectivity index is 1.62. The highest BCUT2D eigenvalue weighted by atomic mass is 16.5. The summed E-state index contributed by atoms with van der Waals surface area (Å²) in [6.07, 6.45) is 10.2. The van der Waals surface area contributed by atoms with Crippen LogP contribution in [0.25, 0.3) is 0 Å². The molecule has 5 fully saturated rings. The minimum Gasteiger partial charge on any atom is -0.375 e. The van der Waals surface area contributed by atoms with Gasteiger partial charge in [-0.1, -0.05) is 0 Å². The van der Waals surface area contributed by atoms with Crippen molar-refractivity contribution >= 4 is 0 Å². The van der Waals surface area contributed by atoms with E-state index in [1.807, 2.05) is 0 Å². The lowest BCUT2D eigenvalue weighted by molar-refractivity contribution is -0.179. The van der Waals surface area contributed by atoms with Gasteiger partial charge in [-0.25, -0.2) is 0 Å². The molecule has 108 valence electrons. The highest BCUT2D eigenvalue weighted by Gasteiger charge is 2.56. The van der Waals surface area contributed by atoms with Crippen LogP contribution in [0, 0.1) is 29.6 Å². The van der Waals surface area contributed by atoms with Crippen LogP contribution in [0.1, 0.15) is 51.9 Å². The zero-order valence-electron chi connectivity index (χ0n) is 12.4.